The lowest BCUT2D eigenvalue weighted by atomic mass is 10.1. The summed E-state index contributed by atoms with van der Waals surface area (Å²) in [7, 11) is -3.59. The Bertz CT molecular complexity index is 481. The molecule has 0 aromatic carbocycles. The number of hydrogen-bond donors (Lipinski definition) is 3. The summed E-state index contributed by atoms with van der Waals surface area (Å²) in [5.74, 6) is 0. The van der Waals surface area contributed by atoms with Gasteiger partial charge in [-0.3, -0.25) is 5.10 Å². The van der Waals surface area contributed by atoms with Gasteiger partial charge in [0.1, 0.15) is 0 Å². The van der Waals surface area contributed by atoms with Gasteiger partial charge in [-0.05, 0) is 19.8 Å². The number of aromatic nitrogens is 2. The van der Waals surface area contributed by atoms with Crippen LogP contribution in [0.2, 0.25) is 0 Å². The number of nitrogens with one attached hydrogen (secondary N) is 2. The molecule has 0 aliphatic rings. The van der Waals surface area contributed by atoms with E-state index in [1.165, 1.54) is 0 Å². The van der Waals surface area contributed by atoms with E-state index in [0.717, 1.165) is 19.3 Å². The van der Waals surface area contributed by atoms with E-state index >= 15 is 0 Å². The fourth-order valence-electron chi connectivity index (χ4n) is 1.86. The average Bonchev–Trinajstić information content (AvgIpc) is 2.70. The first kappa shape index (κ1) is 15.1. The third kappa shape index (κ3) is 3.30. The Morgan fingerprint density at radius 3 is 2.61 bits per heavy atom. The van der Waals surface area contributed by atoms with Gasteiger partial charge in [-0.15, -0.1) is 0 Å². The van der Waals surface area contributed by atoms with Gasteiger partial charge in [-0.1, -0.05) is 20.3 Å². The van der Waals surface area contributed by atoms with Crippen LogP contribution >= 0.6 is 0 Å². The summed E-state index contributed by atoms with van der Waals surface area (Å²) in [6.07, 6.45) is 2.51. The second kappa shape index (κ2) is 6.31. The Labute approximate surface area is 108 Å². The summed E-state index contributed by atoms with van der Waals surface area (Å²) in [6.45, 7) is 5.91. The predicted molar refractivity (Wildman–Crippen MR) is 70.5 cm³/mol. The molecular formula is C11H22N4O2S. The van der Waals surface area contributed by atoms with Gasteiger partial charge in [0.15, 0.2) is 5.03 Å². The number of aromatic amines is 1. The Hall–Kier alpha value is -0.920. The van der Waals surface area contributed by atoms with Crippen molar-refractivity contribution < 1.29 is 8.42 Å². The van der Waals surface area contributed by atoms with Gasteiger partial charge in [0, 0.05) is 23.8 Å². The lowest BCUT2D eigenvalue weighted by Crippen LogP contribution is -2.35. The molecular weight excluding hydrogens is 252 g/mol. The molecule has 0 saturated carbocycles. The van der Waals surface area contributed by atoms with Crippen LogP contribution in [0.1, 0.15) is 44.4 Å². The Balaban J connectivity index is 2.98. The average molecular weight is 274 g/mol. The summed E-state index contributed by atoms with van der Waals surface area (Å²) in [5.41, 5.74) is 6.81. The van der Waals surface area contributed by atoms with Crippen LogP contribution in [-0.2, 0) is 16.6 Å². The lowest BCUT2D eigenvalue weighted by Gasteiger charge is -2.15. The number of rotatable bonds is 7. The maximum atomic E-state index is 12.2. The molecule has 1 rings (SSSR count). The molecule has 0 spiro atoms. The Kier molecular flexibility index (Phi) is 5.30. The smallest absolute Gasteiger partial charge is 0.260 e. The molecule has 0 fully saturated rings. The summed E-state index contributed by atoms with van der Waals surface area (Å²) >= 11 is 0. The van der Waals surface area contributed by atoms with E-state index in [2.05, 4.69) is 14.9 Å². The van der Waals surface area contributed by atoms with Crippen LogP contribution < -0.4 is 10.5 Å². The van der Waals surface area contributed by atoms with Crippen LogP contribution in [0.15, 0.2) is 5.03 Å². The molecule has 0 aliphatic carbocycles. The van der Waals surface area contributed by atoms with Crippen molar-refractivity contribution in [1.82, 2.24) is 14.9 Å². The molecule has 1 heterocycles. The van der Waals surface area contributed by atoms with Crippen molar-refractivity contribution in [3.05, 3.63) is 11.3 Å². The molecule has 4 N–H and O–H groups in total. The summed E-state index contributed by atoms with van der Waals surface area (Å²) in [6, 6.07) is -0.0531. The quantitative estimate of drug-likeness (QED) is 0.691. The van der Waals surface area contributed by atoms with Crippen molar-refractivity contribution in [1.29, 1.82) is 0 Å². The number of H-pyrrole nitrogens is 1. The van der Waals surface area contributed by atoms with Crippen molar-refractivity contribution in [2.75, 3.05) is 0 Å². The number of aryl methyl sites for hydroxylation is 1. The minimum absolute atomic E-state index is 0.0250. The van der Waals surface area contributed by atoms with Crippen molar-refractivity contribution in [3.8, 4) is 0 Å². The second-order valence-corrected chi connectivity index (χ2v) is 5.98. The van der Waals surface area contributed by atoms with Crippen LogP contribution in [0.25, 0.3) is 0 Å². The SMILES string of the molecule is CCCC(CC)NS(=O)(=O)c1n[nH]c(C)c1CN. The van der Waals surface area contributed by atoms with Gasteiger partial charge < -0.3 is 5.73 Å². The molecule has 1 atom stereocenters. The first-order chi connectivity index (χ1) is 8.46. The van der Waals surface area contributed by atoms with Crippen LogP contribution in [0, 0.1) is 6.92 Å². The van der Waals surface area contributed by atoms with Crippen molar-refractivity contribution in [3.63, 3.8) is 0 Å². The fraction of sp³-hybridized carbons (Fsp3) is 0.727. The summed E-state index contributed by atoms with van der Waals surface area (Å²) in [5, 5.41) is 6.54. The highest BCUT2D eigenvalue weighted by atomic mass is 32.2. The van der Waals surface area contributed by atoms with Crippen LogP contribution in [0.3, 0.4) is 0 Å². The zero-order valence-corrected chi connectivity index (χ0v) is 12.0. The maximum absolute atomic E-state index is 12.2. The zero-order chi connectivity index (χ0) is 13.8. The first-order valence-corrected chi connectivity index (χ1v) is 7.70. The summed E-state index contributed by atoms with van der Waals surface area (Å²) < 4.78 is 27.1. The van der Waals surface area contributed by atoms with E-state index in [1.807, 2.05) is 13.8 Å². The molecule has 18 heavy (non-hydrogen) atoms. The zero-order valence-electron chi connectivity index (χ0n) is 11.2. The van der Waals surface area contributed by atoms with E-state index in [4.69, 9.17) is 5.73 Å². The van der Waals surface area contributed by atoms with E-state index in [9.17, 15) is 8.42 Å². The normalized spacial score (nSPS) is 13.8. The van der Waals surface area contributed by atoms with Gasteiger partial charge in [-0.2, -0.15) is 5.10 Å². The molecule has 104 valence electrons. The minimum atomic E-state index is -3.59. The molecule has 0 radical (unpaired) electrons. The van der Waals surface area contributed by atoms with E-state index < -0.39 is 10.0 Å². The van der Waals surface area contributed by atoms with Crippen LogP contribution in [-0.4, -0.2) is 24.7 Å². The van der Waals surface area contributed by atoms with Crippen LogP contribution in [0.5, 0.6) is 0 Å². The summed E-state index contributed by atoms with van der Waals surface area (Å²) in [4.78, 5) is 0. The largest absolute Gasteiger partial charge is 0.326 e. The highest BCUT2D eigenvalue weighted by Crippen LogP contribution is 2.16. The van der Waals surface area contributed by atoms with Crippen molar-refractivity contribution >= 4 is 10.0 Å². The molecule has 0 amide bonds. The first-order valence-electron chi connectivity index (χ1n) is 6.22. The van der Waals surface area contributed by atoms with Gasteiger partial charge >= 0.3 is 0 Å². The van der Waals surface area contributed by atoms with Crippen LogP contribution in [0.4, 0.5) is 0 Å². The molecule has 0 aliphatic heterocycles. The predicted octanol–water partition coefficient (Wildman–Crippen LogP) is 1.03. The lowest BCUT2D eigenvalue weighted by molar-refractivity contribution is 0.509. The van der Waals surface area contributed by atoms with E-state index in [0.29, 0.717) is 11.3 Å². The van der Waals surface area contributed by atoms with Gasteiger partial charge in [-0.25, -0.2) is 13.1 Å². The highest BCUT2D eigenvalue weighted by molar-refractivity contribution is 7.89. The monoisotopic (exact) mass is 274 g/mol. The van der Waals surface area contributed by atoms with Crippen molar-refractivity contribution in [2.24, 2.45) is 5.73 Å². The molecule has 1 aromatic rings. The number of nitrogens with zero attached hydrogens (tertiary/aromatic N) is 1. The molecule has 1 aromatic heterocycles. The van der Waals surface area contributed by atoms with E-state index in [1.54, 1.807) is 6.92 Å². The Morgan fingerprint density at radius 2 is 2.11 bits per heavy atom. The molecule has 0 bridgehead atoms. The third-order valence-electron chi connectivity index (χ3n) is 2.95. The highest BCUT2D eigenvalue weighted by Gasteiger charge is 2.25. The third-order valence-corrected chi connectivity index (χ3v) is 4.44. The topological polar surface area (TPSA) is 101 Å². The Morgan fingerprint density at radius 1 is 1.44 bits per heavy atom. The van der Waals surface area contributed by atoms with E-state index in [-0.39, 0.29) is 17.6 Å². The molecule has 1 unspecified atom stereocenters. The van der Waals surface area contributed by atoms with Crippen molar-refractivity contribution in [2.45, 2.75) is 57.6 Å². The van der Waals surface area contributed by atoms with Gasteiger partial charge in [0.25, 0.3) is 10.0 Å². The fourth-order valence-corrected chi connectivity index (χ4v) is 3.42. The minimum Gasteiger partial charge on any atom is -0.326 e. The second-order valence-electron chi connectivity index (χ2n) is 4.35. The maximum Gasteiger partial charge on any atom is 0.260 e. The number of hydrogen-bond acceptors (Lipinski definition) is 4. The molecule has 7 heteroatoms. The number of sulfonamides is 1. The molecule has 6 nitrogen and oxygen atoms in total. The van der Waals surface area contributed by atoms with Gasteiger partial charge in [0.05, 0.1) is 0 Å². The molecule has 0 saturated heterocycles. The standard InChI is InChI=1S/C11H22N4O2S/c1-4-6-9(5-2)15-18(16,17)11-10(7-12)8(3)13-14-11/h9,15H,4-7,12H2,1-3H3,(H,13,14). The number of nitrogens with two attached hydrogens (primary N) is 1. The van der Waals surface area contributed by atoms with Gasteiger partial charge in [0.2, 0.25) is 0 Å².